The summed E-state index contributed by atoms with van der Waals surface area (Å²) < 4.78 is 19.7. The number of likely N-dealkylation sites (N-methyl/N-ethyl adjacent to an activating group) is 1. The normalized spacial score (nSPS) is 11.0. The number of anilines is 1. The standard InChI is InChI=1S/C21H17FN4O4/c1-25(10-17(27)24-14-8-6-13(22)7-9-14)18(28)11-26-12-23-19-15-4-2-3-5-16(15)30-20(19)21(26)29/h2-9,12H,10-11H2,1H3,(H,24,27). The number of nitrogens with zero attached hydrogens (tertiary/aromatic N) is 3. The van der Waals surface area contributed by atoms with Crippen molar-refractivity contribution < 1.29 is 18.4 Å². The molecular formula is C21H17FN4O4. The Morgan fingerprint density at radius 3 is 2.67 bits per heavy atom. The van der Waals surface area contributed by atoms with E-state index in [4.69, 9.17) is 4.42 Å². The minimum atomic E-state index is -0.478. The largest absolute Gasteiger partial charge is 0.448 e. The summed E-state index contributed by atoms with van der Waals surface area (Å²) in [6.45, 7) is -0.523. The van der Waals surface area contributed by atoms with Crippen LogP contribution in [0.3, 0.4) is 0 Å². The maximum absolute atomic E-state index is 12.9. The van der Waals surface area contributed by atoms with E-state index in [0.717, 1.165) is 9.95 Å². The van der Waals surface area contributed by atoms with Gasteiger partial charge in [0.15, 0.2) is 0 Å². The molecule has 0 aliphatic carbocycles. The highest BCUT2D eigenvalue weighted by molar-refractivity contribution is 6.01. The monoisotopic (exact) mass is 408 g/mol. The molecule has 4 aromatic rings. The molecule has 0 unspecified atom stereocenters. The van der Waals surface area contributed by atoms with E-state index in [2.05, 4.69) is 10.3 Å². The summed E-state index contributed by atoms with van der Waals surface area (Å²) in [5.41, 5.74) is 0.983. The van der Waals surface area contributed by atoms with Crippen molar-refractivity contribution in [1.82, 2.24) is 14.5 Å². The topological polar surface area (TPSA) is 97.4 Å². The summed E-state index contributed by atoms with van der Waals surface area (Å²) in [6, 6.07) is 12.4. The predicted molar refractivity (Wildman–Crippen MR) is 108 cm³/mol. The quantitative estimate of drug-likeness (QED) is 0.547. The molecule has 0 aliphatic heterocycles. The number of amides is 2. The van der Waals surface area contributed by atoms with Crippen LogP contribution >= 0.6 is 0 Å². The van der Waals surface area contributed by atoms with E-state index in [0.29, 0.717) is 16.8 Å². The lowest BCUT2D eigenvalue weighted by Crippen LogP contribution is -2.38. The zero-order valence-electron chi connectivity index (χ0n) is 16.0. The van der Waals surface area contributed by atoms with Gasteiger partial charge < -0.3 is 14.6 Å². The van der Waals surface area contributed by atoms with Gasteiger partial charge in [0.25, 0.3) is 5.56 Å². The van der Waals surface area contributed by atoms with Crippen molar-refractivity contribution in [3.63, 3.8) is 0 Å². The molecule has 0 spiro atoms. The summed E-state index contributed by atoms with van der Waals surface area (Å²) in [5.74, 6) is -1.32. The van der Waals surface area contributed by atoms with Crippen LogP contribution in [-0.2, 0) is 16.1 Å². The van der Waals surface area contributed by atoms with Gasteiger partial charge in [-0.25, -0.2) is 9.37 Å². The molecule has 0 saturated carbocycles. The third-order valence-corrected chi connectivity index (χ3v) is 4.59. The van der Waals surface area contributed by atoms with E-state index >= 15 is 0 Å². The summed E-state index contributed by atoms with van der Waals surface area (Å²) >= 11 is 0. The molecule has 2 aromatic carbocycles. The van der Waals surface area contributed by atoms with Crippen molar-refractivity contribution in [2.45, 2.75) is 6.54 Å². The Labute approximate surface area is 169 Å². The van der Waals surface area contributed by atoms with Crippen molar-refractivity contribution in [1.29, 1.82) is 0 Å². The fraction of sp³-hybridized carbons (Fsp3) is 0.143. The molecule has 0 fully saturated rings. The number of benzene rings is 2. The number of rotatable bonds is 5. The molecule has 0 bridgehead atoms. The van der Waals surface area contributed by atoms with Crippen LogP contribution < -0.4 is 10.9 Å². The molecule has 9 heteroatoms. The number of hydrogen-bond donors (Lipinski definition) is 1. The van der Waals surface area contributed by atoms with Crippen LogP contribution in [0.5, 0.6) is 0 Å². The lowest BCUT2D eigenvalue weighted by molar-refractivity contribution is -0.133. The van der Waals surface area contributed by atoms with E-state index in [-0.39, 0.29) is 18.7 Å². The highest BCUT2D eigenvalue weighted by atomic mass is 19.1. The number of aromatic nitrogens is 2. The first-order valence-electron chi connectivity index (χ1n) is 9.08. The minimum absolute atomic E-state index is 0.0724. The number of fused-ring (bicyclic) bond motifs is 3. The van der Waals surface area contributed by atoms with Gasteiger partial charge in [0.1, 0.15) is 23.5 Å². The first-order chi connectivity index (χ1) is 14.4. The van der Waals surface area contributed by atoms with Crippen molar-refractivity contribution in [2.24, 2.45) is 0 Å². The van der Waals surface area contributed by atoms with Gasteiger partial charge in [0.05, 0.1) is 12.9 Å². The van der Waals surface area contributed by atoms with Gasteiger partial charge in [-0.3, -0.25) is 19.0 Å². The van der Waals surface area contributed by atoms with E-state index in [1.54, 1.807) is 18.2 Å². The van der Waals surface area contributed by atoms with Crippen LogP contribution in [0.1, 0.15) is 0 Å². The van der Waals surface area contributed by atoms with Crippen molar-refractivity contribution >= 4 is 39.6 Å². The molecule has 0 saturated heterocycles. The smallest absolute Gasteiger partial charge is 0.297 e. The fourth-order valence-corrected chi connectivity index (χ4v) is 3.03. The molecule has 0 radical (unpaired) electrons. The van der Waals surface area contributed by atoms with Gasteiger partial charge in [-0.2, -0.15) is 0 Å². The maximum atomic E-state index is 12.9. The van der Waals surface area contributed by atoms with E-state index < -0.39 is 23.2 Å². The van der Waals surface area contributed by atoms with Crippen LogP contribution in [-0.4, -0.2) is 39.9 Å². The average molecular weight is 408 g/mol. The molecule has 0 atom stereocenters. The lowest BCUT2D eigenvalue weighted by Gasteiger charge is -2.17. The number of nitrogens with one attached hydrogen (secondary N) is 1. The number of hydrogen-bond acceptors (Lipinski definition) is 5. The molecule has 2 amide bonds. The molecule has 0 aliphatic rings. The van der Waals surface area contributed by atoms with Crippen molar-refractivity contribution in [3.05, 3.63) is 71.0 Å². The Morgan fingerprint density at radius 1 is 1.17 bits per heavy atom. The summed E-state index contributed by atoms with van der Waals surface area (Å²) in [5, 5.41) is 3.29. The highest BCUT2D eigenvalue weighted by Crippen LogP contribution is 2.24. The Morgan fingerprint density at radius 2 is 1.90 bits per heavy atom. The van der Waals surface area contributed by atoms with Crippen molar-refractivity contribution in [3.8, 4) is 0 Å². The number of carbonyl (C=O) groups excluding carboxylic acids is 2. The van der Waals surface area contributed by atoms with Crippen LogP contribution in [0.15, 0.2) is 64.1 Å². The maximum Gasteiger partial charge on any atom is 0.297 e. The second kappa shape index (κ2) is 7.78. The van der Waals surface area contributed by atoms with Gasteiger partial charge in [-0.1, -0.05) is 12.1 Å². The van der Waals surface area contributed by atoms with Crippen LogP contribution in [0.4, 0.5) is 10.1 Å². The van der Waals surface area contributed by atoms with Gasteiger partial charge in [-0.15, -0.1) is 0 Å². The van der Waals surface area contributed by atoms with Gasteiger partial charge in [0.2, 0.25) is 17.4 Å². The summed E-state index contributed by atoms with van der Waals surface area (Å²) in [7, 11) is 1.45. The molecular weight excluding hydrogens is 391 g/mol. The van der Waals surface area contributed by atoms with Crippen molar-refractivity contribution in [2.75, 3.05) is 18.9 Å². The number of para-hydroxylation sites is 1. The van der Waals surface area contributed by atoms with E-state index in [1.165, 1.54) is 42.5 Å². The third kappa shape index (κ3) is 3.77. The van der Waals surface area contributed by atoms with Gasteiger partial charge in [-0.05, 0) is 36.4 Å². The van der Waals surface area contributed by atoms with Crippen LogP contribution in [0.2, 0.25) is 0 Å². The zero-order chi connectivity index (χ0) is 21.3. The summed E-state index contributed by atoms with van der Waals surface area (Å²) in [6.07, 6.45) is 1.29. The zero-order valence-corrected chi connectivity index (χ0v) is 16.0. The molecule has 4 rings (SSSR count). The Bertz CT molecular complexity index is 1310. The second-order valence-corrected chi connectivity index (χ2v) is 6.76. The number of halogens is 1. The van der Waals surface area contributed by atoms with Crippen LogP contribution in [0, 0.1) is 5.82 Å². The SMILES string of the molecule is CN(CC(=O)Nc1ccc(F)cc1)C(=O)Cn1cnc2c(oc3ccccc32)c1=O. The number of furan rings is 1. The van der Waals surface area contributed by atoms with E-state index in [1.807, 2.05) is 6.07 Å². The molecule has 1 N–H and O–H groups in total. The van der Waals surface area contributed by atoms with Crippen LogP contribution in [0.25, 0.3) is 22.1 Å². The Kier molecular flexibility index (Phi) is 5.01. The first-order valence-corrected chi connectivity index (χ1v) is 9.08. The van der Waals surface area contributed by atoms with Gasteiger partial charge in [0, 0.05) is 18.1 Å². The number of carbonyl (C=O) groups is 2. The van der Waals surface area contributed by atoms with E-state index in [9.17, 15) is 18.8 Å². The molecule has 152 valence electrons. The lowest BCUT2D eigenvalue weighted by atomic mass is 10.2. The average Bonchev–Trinajstić information content (AvgIpc) is 3.11. The Hall–Kier alpha value is -4.01. The minimum Gasteiger partial charge on any atom is -0.448 e. The molecule has 30 heavy (non-hydrogen) atoms. The van der Waals surface area contributed by atoms with Gasteiger partial charge >= 0.3 is 0 Å². The third-order valence-electron chi connectivity index (χ3n) is 4.59. The molecule has 8 nitrogen and oxygen atoms in total. The predicted octanol–water partition coefficient (Wildman–Crippen LogP) is 2.38. The second-order valence-electron chi connectivity index (χ2n) is 6.76. The molecule has 2 aromatic heterocycles. The summed E-state index contributed by atoms with van der Waals surface area (Å²) in [4.78, 5) is 42.7. The Balaban J connectivity index is 1.46. The molecule has 2 heterocycles. The fourth-order valence-electron chi connectivity index (χ4n) is 3.03. The highest BCUT2D eigenvalue weighted by Gasteiger charge is 2.17. The first kappa shape index (κ1) is 19.3.